The normalized spacial score (nSPS) is 22.3. The third-order valence-electron chi connectivity index (χ3n) is 4.58. The lowest BCUT2D eigenvalue weighted by Gasteiger charge is -2.26. The molecule has 0 fully saturated rings. The molecule has 22 heavy (non-hydrogen) atoms. The van der Waals surface area contributed by atoms with E-state index in [4.69, 9.17) is 0 Å². The number of allylic oxidation sites excluding steroid dienone is 4. The van der Waals surface area contributed by atoms with Crippen molar-refractivity contribution in [3.05, 3.63) is 83.9 Å². The van der Waals surface area contributed by atoms with E-state index in [2.05, 4.69) is 86.7 Å². The summed E-state index contributed by atoms with van der Waals surface area (Å²) >= 11 is 0. The Bertz CT molecular complexity index is 662. The van der Waals surface area contributed by atoms with Crippen LogP contribution in [0.1, 0.15) is 37.8 Å². The third kappa shape index (κ3) is 3.39. The minimum absolute atomic E-state index is 0.527. The average molecular weight is 288 g/mol. The van der Waals surface area contributed by atoms with E-state index >= 15 is 0 Å². The van der Waals surface area contributed by atoms with Crippen molar-refractivity contribution in [2.24, 2.45) is 11.8 Å². The van der Waals surface area contributed by atoms with Gasteiger partial charge in [-0.1, -0.05) is 79.7 Å². The summed E-state index contributed by atoms with van der Waals surface area (Å²) in [4.78, 5) is 0. The van der Waals surface area contributed by atoms with Gasteiger partial charge in [-0.05, 0) is 48.0 Å². The van der Waals surface area contributed by atoms with Crippen LogP contribution in [-0.4, -0.2) is 0 Å². The van der Waals surface area contributed by atoms with Crippen LogP contribution in [0.2, 0.25) is 0 Å². The molecule has 112 valence electrons. The second-order valence-corrected chi connectivity index (χ2v) is 6.36. The van der Waals surface area contributed by atoms with Gasteiger partial charge in [0.05, 0.1) is 0 Å². The predicted octanol–water partition coefficient (Wildman–Crippen LogP) is 6.22. The molecule has 3 rings (SSSR count). The van der Waals surface area contributed by atoms with E-state index in [9.17, 15) is 0 Å². The van der Waals surface area contributed by atoms with E-state index in [1.54, 1.807) is 0 Å². The van der Waals surface area contributed by atoms with Gasteiger partial charge in [-0.3, -0.25) is 0 Å². The van der Waals surface area contributed by atoms with Crippen LogP contribution in [-0.2, 0) is 0 Å². The van der Waals surface area contributed by atoms with Crippen LogP contribution in [0.5, 0.6) is 0 Å². The molecule has 0 N–H and O–H groups in total. The van der Waals surface area contributed by atoms with Crippen molar-refractivity contribution in [2.75, 3.05) is 0 Å². The molecule has 0 bridgehead atoms. The van der Waals surface area contributed by atoms with Crippen LogP contribution in [0.25, 0.3) is 11.1 Å². The molecular weight excluding hydrogens is 264 g/mol. The van der Waals surface area contributed by atoms with E-state index in [0.29, 0.717) is 11.8 Å². The average Bonchev–Trinajstić information content (AvgIpc) is 2.58. The molecule has 0 amide bonds. The topological polar surface area (TPSA) is 0 Å². The summed E-state index contributed by atoms with van der Waals surface area (Å²) in [5, 5.41) is 0. The van der Waals surface area contributed by atoms with Crippen LogP contribution >= 0.6 is 0 Å². The summed E-state index contributed by atoms with van der Waals surface area (Å²) in [5.41, 5.74) is 5.57. The summed E-state index contributed by atoms with van der Waals surface area (Å²) in [6.07, 6.45) is 7.45. The lowest BCUT2D eigenvalue weighted by Crippen LogP contribution is -2.10. The fraction of sp³-hybridized carbons (Fsp3) is 0.273. The fourth-order valence-corrected chi connectivity index (χ4v) is 3.32. The van der Waals surface area contributed by atoms with Gasteiger partial charge in [0, 0.05) is 5.92 Å². The lowest BCUT2D eigenvalue weighted by atomic mass is 9.79. The number of hydrogen-bond donors (Lipinski definition) is 0. The van der Waals surface area contributed by atoms with Crippen LogP contribution in [0, 0.1) is 11.8 Å². The van der Waals surface area contributed by atoms with Crippen LogP contribution in [0.3, 0.4) is 0 Å². The maximum atomic E-state index is 2.47. The Labute approximate surface area is 134 Å². The minimum atomic E-state index is 0.527. The SMILES string of the molecule is C/C(=C\C1CCC(C)C=C1c1ccccc1)c1ccccc1. The highest BCUT2D eigenvalue weighted by molar-refractivity contribution is 5.73. The van der Waals surface area contributed by atoms with E-state index in [-0.39, 0.29) is 0 Å². The van der Waals surface area contributed by atoms with Gasteiger partial charge in [0.2, 0.25) is 0 Å². The molecule has 1 aliphatic carbocycles. The van der Waals surface area contributed by atoms with Crippen molar-refractivity contribution in [1.29, 1.82) is 0 Å². The molecule has 0 heterocycles. The first-order valence-corrected chi connectivity index (χ1v) is 8.25. The maximum absolute atomic E-state index is 2.47. The first-order chi connectivity index (χ1) is 10.7. The Morgan fingerprint density at radius 1 is 0.909 bits per heavy atom. The quantitative estimate of drug-likeness (QED) is 0.629. The summed E-state index contributed by atoms with van der Waals surface area (Å²) in [6, 6.07) is 21.6. The molecule has 0 saturated carbocycles. The molecule has 0 spiro atoms. The molecule has 1 aliphatic rings. The van der Waals surface area contributed by atoms with Gasteiger partial charge in [0.1, 0.15) is 0 Å². The first-order valence-electron chi connectivity index (χ1n) is 8.25. The maximum Gasteiger partial charge on any atom is 0.00269 e. The van der Waals surface area contributed by atoms with Crippen molar-refractivity contribution in [3.63, 3.8) is 0 Å². The Hall–Kier alpha value is -2.08. The number of rotatable bonds is 3. The largest absolute Gasteiger partial charge is 0.0773 e. The fourth-order valence-electron chi connectivity index (χ4n) is 3.32. The molecule has 2 atom stereocenters. The van der Waals surface area contributed by atoms with Gasteiger partial charge < -0.3 is 0 Å². The molecule has 2 aromatic rings. The van der Waals surface area contributed by atoms with Crippen molar-refractivity contribution in [1.82, 2.24) is 0 Å². The van der Waals surface area contributed by atoms with Crippen molar-refractivity contribution >= 4 is 11.1 Å². The van der Waals surface area contributed by atoms with E-state index < -0.39 is 0 Å². The Kier molecular flexibility index (Phi) is 4.58. The van der Waals surface area contributed by atoms with Crippen molar-refractivity contribution < 1.29 is 0 Å². The highest BCUT2D eigenvalue weighted by atomic mass is 14.2. The standard InChI is InChI=1S/C22H24/c1-17-13-14-21(16-18(2)19-9-5-3-6-10-19)22(15-17)20-11-7-4-8-12-20/h3-12,15-17,21H,13-14H2,1-2H3/b18-16+. The van der Waals surface area contributed by atoms with Gasteiger partial charge >= 0.3 is 0 Å². The molecule has 0 aliphatic heterocycles. The Balaban J connectivity index is 1.93. The monoisotopic (exact) mass is 288 g/mol. The number of hydrogen-bond acceptors (Lipinski definition) is 0. The Morgan fingerprint density at radius 3 is 2.23 bits per heavy atom. The minimum Gasteiger partial charge on any atom is -0.0773 e. The molecule has 0 heteroatoms. The Morgan fingerprint density at radius 2 is 1.55 bits per heavy atom. The van der Waals surface area contributed by atoms with E-state index in [1.807, 2.05) is 0 Å². The van der Waals surface area contributed by atoms with Gasteiger partial charge in [-0.2, -0.15) is 0 Å². The summed E-state index contributed by atoms with van der Waals surface area (Å²) in [5.74, 6) is 1.20. The van der Waals surface area contributed by atoms with Crippen LogP contribution in [0.4, 0.5) is 0 Å². The van der Waals surface area contributed by atoms with Crippen LogP contribution in [0.15, 0.2) is 72.8 Å². The summed E-state index contributed by atoms with van der Waals surface area (Å²) in [6.45, 7) is 4.56. The van der Waals surface area contributed by atoms with Crippen molar-refractivity contribution in [2.45, 2.75) is 26.7 Å². The zero-order valence-corrected chi connectivity index (χ0v) is 13.5. The van der Waals surface area contributed by atoms with Gasteiger partial charge in [-0.25, -0.2) is 0 Å². The van der Waals surface area contributed by atoms with E-state index in [1.165, 1.54) is 35.1 Å². The molecule has 0 nitrogen and oxygen atoms in total. The zero-order valence-electron chi connectivity index (χ0n) is 13.5. The second kappa shape index (κ2) is 6.79. The molecule has 0 saturated heterocycles. The molecular formula is C22H24. The lowest BCUT2D eigenvalue weighted by molar-refractivity contribution is 0.542. The van der Waals surface area contributed by atoms with E-state index in [0.717, 1.165) is 0 Å². The smallest absolute Gasteiger partial charge is 0.00269 e. The van der Waals surface area contributed by atoms with Crippen LogP contribution < -0.4 is 0 Å². The highest BCUT2D eigenvalue weighted by Gasteiger charge is 2.20. The summed E-state index contributed by atoms with van der Waals surface area (Å²) in [7, 11) is 0. The first kappa shape index (κ1) is 14.8. The zero-order chi connectivity index (χ0) is 15.4. The highest BCUT2D eigenvalue weighted by Crippen LogP contribution is 2.37. The van der Waals surface area contributed by atoms with Gasteiger partial charge in [-0.15, -0.1) is 0 Å². The second-order valence-electron chi connectivity index (χ2n) is 6.36. The number of benzene rings is 2. The predicted molar refractivity (Wildman–Crippen MR) is 96.4 cm³/mol. The van der Waals surface area contributed by atoms with Gasteiger partial charge in [0.25, 0.3) is 0 Å². The third-order valence-corrected chi connectivity index (χ3v) is 4.58. The molecule has 2 aromatic carbocycles. The van der Waals surface area contributed by atoms with Gasteiger partial charge in [0.15, 0.2) is 0 Å². The molecule has 0 aromatic heterocycles. The molecule has 0 radical (unpaired) electrons. The molecule has 2 unspecified atom stereocenters. The van der Waals surface area contributed by atoms with Crippen molar-refractivity contribution in [3.8, 4) is 0 Å². The summed E-state index contributed by atoms with van der Waals surface area (Å²) < 4.78 is 0.